The number of hydrogen-bond acceptors (Lipinski definition) is 3. The van der Waals surface area contributed by atoms with E-state index in [1.807, 2.05) is 0 Å². The van der Waals surface area contributed by atoms with Gasteiger partial charge in [-0.1, -0.05) is 30.7 Å². The number of aliphatic carboxylic acids is 1. The lowest BCUT2D eigenvalue weighted by molar-refractivity contribution is -0.143. The Kier molecular flexibility index (Phi) is 5.79. The molecule has 0 aromatic heterocycles. The molecule has 1 atom stereocenters. The summed E-state index contributed by atoms with van der Waals surface area (Å²) >= 11 is 5.92. The lowest BCUT2D eigenvalue weighted by Crippen LogP contribution is -2.42. The highest BCUT2D eigenvalue weighted by atomic mass is 35.5. The van der Waals surface area contributed by atoms with Crippen molar-refractivity contribution in [2.45, 2.75) is 19.4 Å². The number of amides is 1. The fourth-order valence-corrected chi connectivity index (χ4v) is 1.95. The number of nitrogens with one attached hydrogen (secondary N) is 1. The van der Waals surface area contributed by atoms with Gasteiger partial charge in [-0.25, -0.2) is 0 Å². The van der Waals surface area contributed by atoms with Gasteiger partial charge in [0.2, 0.25) is 5.91 Å². The van der Waals surface area contributed by atoms with Crippen LogP contribution >= 0.6 is 11.6 Å². The van der Waals surface area contributed by atoms with Crippen LogP contribution in [0.15, 0.2) is 24.3 Å². The fourth-order valence-electron chi connectivity index (χ4n) is 1.76. The van der Waals surface area contributed by atoms with Crippen LogP contribution in [0.2, 0.25) is 5.02 Å². The van der Waals surface area contributed by atoms with E-state index in [-0.39, 0.29) is 12.5 Å². The minimum Gasteiger partial charge on any atom is -0.480 e. The molecule has 1 aromatic carbocycles. The van der Waals surface area contributed by atoms with Crippen LogP contribution < -0.4 is 5.32 Å². The third kappa shape index (κ3) is 4.54. The van der Waals surface area contributed by atoms with Gasteiger partial charge in [0.25, 0.3) is 0 Å². The third-order valence-corrected chi connectivity index (χ3v) is 3.07. The number of para-hydroxylation sites is 1. The number of benzene rings is 1. The van der Waals surface area contributed by atoms with E-state index in [0.29, 0.717) is 17.1 Å². The van der Waals surface area contributed by atoms with E-state index < -0.39 is 12.0 Å². The van der Waals surface area contributed by atoms with E-state index in [1.165, 1.54) is 4.90 Å². The summed E-state index contributed by atoms with van der Waals surface area (Å²) in [4.78, 5) is 24.3. The van der Waals surface area contributed by atoms with Gasteiger partial charge in [-0.2, -0.15) is 0 Å². The molecule has 0 saturated carbocycles. The van der Waals surface area contributed by atoms with Crippen LogP contribution in [0.25, 0.3) is 0 Å². The Bertz CT molecular complexity index is 465. The number of carboxylic acids is 1. The molecule has 0 spiro atoms. The molecule has 1 rings (SSSR count). The molecule has 5 nitrogen and oxygen atoms in total. The second-order valence-corrected chi connectivity index (χ2v) is 4.61. The molecular weight excluding hydrogens is 268 g/mol. The Morgan fingerprint density at radius 3 is 2.58 bits per heavy atom. The average Bonchev–Trinajstić information content (AvgIpc) is 2.32. The van der Waals surface area contributed by atoms with Crippen LogP contribution in [0.1, 0.15) is 13.3 Å². The minimum absolute atomic E-state index is 0.00394. The van der Waals surface area contributed by atoms with Crippen molar-refractivity contribution in [2.24, 2.45) is 0 Å². The summed E-state index contributed by atoms with van der Waals surface area (Å²) in [6.45, 7) is 1.76. The van der Waals surface area contributed by atoms with Gasteiger partial charge in [-0.15, -0.1) is 0 Å². The van der Waals surface area contributed by atoms with Crippen molar-refractivity contribution in [2.75, 3.05) is 18.9 Å². The van der Waals surface area contributed by atoms with E-state index in [1.54, 1.807) is 38.2 Å². The van der Waals surface area contributed by atoms with Crippen molar-refractivity contribution in [3.63, 3.8) is 0 Å². The van der Waals surface area contributed by atoms with Crippen molar-refractivity contribution < 1.29 is 14.7 Å². The maximum atomic E-state index is 11.8. The molecule has 0 heterocycles. The Morgan fingerprint density at radius 1 is 1.42 bits per heavy atom. The molecule has 6 heteroatoms. The molecule has 0 saturated heterocycles. The molecule has 0 radical (unpaired) electrons. The molecule has 1 aromatic rings. The number of nitrogens with zero attached hydrogens (tertiary/aromatic N) is 1. The van der Waals surface area contributed by atoms with Gasteiger partial charge in [-0.3, -0.25) is 14.5 Å². The first kappa shape index (κ1) is 15.5. The largest absolute Gasteiger partial charge is 0.480 e. The van der Waals surface area contributed by atoms with Gasteiger partial charge in [0, 0.05) is 0 Å². The number of rotatable bonds is 6. The molecule has 0 bridgehead atoms. The highest BCUT2D eigenvalue weighted by Crippen LogP contribution is 2.20. The first-order valence-electron chi connectivity index (χ1n) is 5.93. The van der Waals surface area contributed by atoms with E-state index in [2.05, 4.69) is 5.32 Å². The lowest BCUT2D eigenvalue weighted by atomic mass is 10.2. The molecule has 0 aliphatic rings. The van der Waals surface area contributed by atoms with Gasteiger partial charge >= 0.3 is 5.97 Å². The first-order chi connectivity index (χ1) is 8.95. The Hall–Kier alpha value is -1.59. The van der Waals surface area contributed by atoms with Crippen LogP contribution in [-0.4, -0.2) is 41.5 Å². The maximum Gasteiger partial charge on any atom is 0.320 e. The van der Waals surface area contributed by atoms with Crippen molar-refractivity contribution in [1.29, 1.82) is 0 Å². The second kappa shape index (κ2) is 7.11. The Labute approximate surface area is 117 Å². The molecule has 104 valence electrons. The second-order valence-electron chi connectivity index (χ2n) is 4.21. The summed E-state index contributed by atoms with van der Waals surface area (Å²) < 4.78 is 0. The summed E-state index contributed by atoms with van der Waals surface area (Å²) in [5.41, 5.74) is 0.519. The van der Waals surface area contributed by atoms with Gasteiger partial charge in [0.15, 0.2) is 0 Å². The standard InChI is InChI=1S/C13H17ClN2O3/c1-3-11(13(18)19)16(2)8-12(17)15-10-7-5-4-6-9(10)14/h4-7,11H,3,8H2,1-2H3,(H,15,17)(H,18,19). The van der Waals surface area contributed by atoms with Gasteiger partial charge in [-0.05, 0) is 25.6 Å². The van der Waals surface area contributed by atoms with Crippen LogP contribution in [0.4, 0.5) is 5.69 Å². The zero-order chi connectivity index (χ0) is 14.4. The van der Waals surface area contributed by atoms with E-state index in [9.17, 15) is 9.59 Å². The molecular formula is C13H17ClN2O3. The molecule has 0 aliphatic carbocycles. The zero-order valence-corrected chi connectivity index (χ0v) is 11.6. The fraction of sp³-hybridized carbons (Fsp3) is 0.385. The third-order valence-electron chi connectivity index (χ3n) is 2.74. The van der Waals surface area contributed by atoms with E-state index in [4.69, 9.17) is 16.7 Å². The Morgan fingerprint density at radius 2 is 2.05 bits per heavy atom. The SMILES string of the molecule is CCC(C(=O)O)N(C)CC(=O)Nc1ccccc1Cl. The van der Waals surface area contributed by atoms with E-state index >= 15 is 0 Å². The van der Waals surface area contributed by atoms with Gasteiger partial charge < -0.3 is 10.4 Å². The number of likely N-dealkylation sites (N-methyl/N-ethyl adjacent to an activating group) is 1. The van der Waals surface area contributed by atoms with Crippen molar-refractivity contribution >= 4 is 29.2 Å². The highest BCUT2D eigenvalue weighted by Gasteiger charge is 2.22. The monoisotopic (exact) mass is 284 g/mol. The van der Waals surface area contributed by atoms with Crippen LogP contribution in [0, 0.1) is 0 Å². The number of anilines is 1. The number of halogens is 1. The summed E-state index contributed by atoms with van der Waals surface area (Å²) in [6, 6.07) is 6.22. The molecule has 0 aliphatic heterocycles. The van der Waals surface area contributed by atoms with Crippen molar-refractivity contribution in [3.8, 4) is 0 Å². The summed E-state index contributed by atoms with van der Waals surface area (Å²) in [6.07, 6.45) is 0.436. The quantitative estimate of drug-likeness (QED) is 0.839. The summed E-state index contributed by atoms with van der Waals surface area (Å²) in [5, 5.41) is 12.1. The van der Waals surface area contributed by atoms with Crippen LogP contribution in [0.5, 0.6) is 0 Å². The molecule has 1 amide bonds. The number of carboxylic acid groups (broad SMARTS) is 1. The highest BCUT2D eigenvalue weighted by molar-refractivity contribution is 6.33. The number of carbonyl (C=O) groups excluding carboxylic acids is 1. The number of hydrogen-bond donors (Lipinski definition) is 2. The average molecular weight is 285 g/mol. The van der Waals surface area contributed by atoms with Gasteiger partial charge in [0.05, 0.1) is 17.3 Å². The Balaban J connectivity index is 2.61. The maximum absolute atomic E-state index is 11.8. The van der Waals surface area contributed by atoms with E-state index in [0.717, 1.165) is 0 Å². The molecule has 2 N–H and O–H groups in total. The number of carbonyl (C=O) groups is 2. The molecule has 19 heavy (non-hydrogen) atoms. The topological polar surface area (TPSA) is 69.6 Å². The van der Waals surface area contributed by atoms with Gasteiger partial charge in [0.1, 0.15) is 6.04 Å². The summed E-state index contributed by atoms with van der Waals surface area (Å²) in [5.74, 6) is -1.23. The van der Waals surface area contributed by atoms with Crippen molar-refractivity contribution in [1.82, 2.24) is 4.90 Å². The summed E-state index contributed by atoms with van der Waals surface area (Å²) in [7, 11) is 1.61. The molecule has 0 fully saturated rings. The predicted molar refractivity (Wildman–Crippen MR) is 74.4 cm³/mol. The predicted octanol–water partition coefficient (Wildman–Crippen LogP) is 2.07. The molecule has 1 unspecified atom stereocenters. The minimum atomic E-state index is -0.935. The zero-order valence-electron chi connectivity index (χ0n) is 10.9. The first-order valence-corrected chi connectivity index (χ1v) is 6.31. The normalized spacial score (nSPS) is 12.2. The van der Waals surface area contributed by atoms with Crippen LogP contribution in [0.3, 0.4) is 0 Å². The van der Waals surface area contributed by atoms with Crippen molar-refractivity contribution in [3.05, 3.63) is 29.3 Å². The smallest absolute Gasteiger partial charge is 0.320 e. The van der Waals surface area contributed by atoms with Crippen LogP contribution in [-0.2, 0) is 9.59 Å². The lowest BCUT2D eigenvalue weighted by Gasteiger charge is -2.22.